The van der Waals surface area contributed by atoms with Crippen LogP contribution >= 0.6 is 11.3 Å². The number of benzene rings is 2. The number of urea groups is 1. The molecule has 1 aliphatic rings. The predicted octanol–water partition coefficient (Wildman–Crippen LogP) is 3.56. The number of ether oxygens (including phenoxy) is 1. The van der Waals surface area contributed by atoms with Crippen LogP contribution in [0.15, 0.2) is 54.6 Å². The van der Waals surface area contributed by atoms with Gasteiger partial charge in [0.1, 0.15) is 11.1 Å². The van der Waals surface area contributed by atoms with Crippen LogP contribution in [0.4, 0.5) is 9.93 Å². The molecule has 1 aliphatic heterocycles. The van der Waals surface area contributed by atoms with Gasteiger partial charge < -0.3 is 10.1 Å². The molecule has 1 atom stereocenters. The molecule has 2 aromatic carbocycles. The van der Waals surface area contributed by atoms with Crippen molar-refractivity contribution < 1.29 is 9.53 Å². The summed E-state index contributed by atoms with van der Waals surface area (Å²) in [6.07, 6.45) is 1.49. The molecule has 0 bridgehead atoms. The number of rotatable bonds is 5. The third kappa shape index (κ3) is 4.50. The number of hydrogen-bond donors (Lipinski definition) is 2. The molecule has 2 N–H and O–H groups in total. The van der Waals surface area contributed by atoms with Crippen molar-refractivity contribution in [3.63, 3.8) is 0 Å². The van der Waals surface area contributed by atoms with Crippen LogP contribution < -0.4 is 10.6 Å². The normalized spacial score (nSPS) is 15.8. The third-order valence-corrected chi connectivity index (χ3v) is 5.26. The number of fused-ring (bicyclic) bond motifs is 1. The second-order valence-corrected chi connectivity index (χ2v) is 7.37. The van der Waals surface area contributed by atoms with E-state index >= 15 is 0 Å². The first-order valence-corrected chi connectivity index (χ1v) is 9.70. The second-order valence-electron chi connectivity index (χ2n) is 6.31. The molecule has 0 radical (unpaired) electrons. The maximum atomic E-state index is 12.2. The fourth-order valence-electron chi connectivity index (χ4n) is 3.12. The van der Waals surface area contributed by atoms with Crippen LogP contribution in [0.1, 0.15) is 27.8 Å². The zero-order valence-electron chi connectivity index (χ0n) is 14.7. The number of nitrogens with one attached hydrogen (secondary N) is 2. The zero-order valence-corrected chi connectivity index (χ0v) is 15.5. The fourth-order valence-corrected chi connectivity index (χ4v) is 3.89. The van der Waals surface area contributed by atoms with Crippen LogP contribution in [0.5, 0.6) is 0 Å². The molecule has 0 saturated carbocycles. The summed E-state index contributed by atoms with van der Waals surface area (Å²) in [7, 11) is 0. The van der Waals surface area contributed by atoms with Gasteiger partial charge in [0.05, 0.1) is 6.61 Å². The van der Waals surface area contributed by atoms with E-state index in [9.17, 15) is 4.79 Å². The third-order valence-electron chi connectivity index (χ3n) is 4.43. The topological polar surface area (TPSA) is 76.1 Å². The summed E-state index contributed by atoms with van der Waals surface area (Å²) in [6.45, 7) is 1.09. The molecule has 138 valence electrons. The SMILES string of the molecule is O=C(NCC1OCCc2ccccc21)Nc1nnc(Cc2ccccc2)s1. The smallest absolute Gasteiger partial charge is 0.321 e. The number of hydrogen-bond acceptors (Lipinski definition) is 5. The number of carbonyl (C=O) groups is 1. The first-order valence-electron chi connectivity index (χ1n) is 8.88. The number of amides is 2. The van der Waals surface area contributed by atoms with E-state index in [-0.39, 0.29) is 12.1 Å². The van der Waals surface area contributed by atoms with Crippen LogP contribution in [0.3, 0.4) is 0 Å². The molecule has 0 saturated heterocycles. The van der Waals surface area contributed by atoms with E-state index < -0.39 is 0 Å². The van der Waals surface area contributed by atoms with E-state index in [0.29, 0.717) is 24.7 Å². The molecule has 2 heterocycles. The van der Waals surface area contributed by atoms with Gasteiger partial charge >= 0.3 is 6.03 Å². The summed E-state index contributed by atoms with van der Waals surface area (Å²) in [5.74, 6) is 0. The maximum absolute atomic E-state index is 12.2. The predicted molar refractivity (Wildman–Crippen MR) is 105 cm³/mol. The molecule has 0 fully saturated rings. The Morgan fingerprint density at radius 1 is 1.11 bits per heavy atom. The van der Waals surface area contributed by atoms with Crippen molar-refractivity contribution in [2.45, 2.75) is 18.9 Å². The van der Waals surface area contributed by atoms with Gasteiger partial charge in [-0.15, -0.1) is 10.2 Å². The van der Waals surface area contributed by atoms with Crippen molar-refractivity contribution in [3.8, 4) is 0 Å². The summed E-state index contributed by atoms with van der Waals surface area (Å²) in [6, 6.07) is 18.0. The quantitative estimate of drug-likeness (QED) is 0.710. The summed E-state index contributed by atoms with van der Waals surface area (Å²) in [4.78, 5) is 12.2. The highest BCUT2D eigenvalue weighted by atomic mass is 32.1. The molecular weight excluding hydrogens is 360 g/mol. The summed E-state index contributed by atoms with van der Waals surface area (Å²) in [5, 5.41) is 15.2. The minimum absolute atomic E-state index is 0.122. The highest BCUT2D eigenvalue weighted by Crippen LogP contribution is 2.26. The molecule has 1 unspecified atom stereocenters. The minimum Gasteiger partial charge on any atom is -0.371 e. The number of anilines is 1. The monoisotopic (exact) mass is 380 g/mol. The molecule has 3 aromatic rings. The minimum atomic E-state index is -0.302. The van der Waals surface area contributed by atoms with Crippen LogP contribution in [0.2, 0.25) is 0 Å². The summed E-state index contributed by atoms with van der Waals surface area (Å²) < 4.78 is 5.81. The highest BCUT2D eigenvalue weighted by Gasteiger charge is 2.21. The summed E-state index contributed by atoms with van der Waals surface area (Å²) >= 11 is 1.38. The standard InChI is InChI=1S/C20H20N4O2S/c25-19(21-13-17-16-9-5-4-8-15(16)10-11-26-17)22-20-24-23-18(27-20)12-14-6-2-1-3-7-14/h1-9,17H,10-13H2,(H2,21,22,24,25). The first-order chi connectivity index (χ1) is 13.3. The van der Waals surface area contributed by atoms with Crippen molar-refractivity contribution in [2.24, 2.45) is 0 Å². The molecule has 4 rings (SSSR count). The van der Waals surface area contributed by atoms with E-state index in [4.69, 9.17) is 4.74 Å². The van der Waals surface area contributed by atoms with Crippen molar-refractivity contribution in [3.05, 3.63) is 76.3 Å². The van der Waals surface area contributed by atoms with Crippen LogP contribution in [0, 0.1) is 0 Å². The molecule has 6 nitrogen and oxygen atoms in total. The van der Waals surface area contributed by atoms with E-state index in [0.717, 1.165) is 22.6 Å². The van der Waals surface area contributed by atoms with E-state index in [1.165, 1.54) is 16.9 Å². The highest BCUT2D eigenvalue weighted by molar-refractivity contribution is 7.15. The van der Waals surface area contributed by atoms with Gasteiger partial charge in [0, 0.05) is 13.0 Å². The molecular formula is C20H20N4O2S. The lowest BCUT2D eigenvalue weighted by molar-refractivity contribution is 0.0444. The molecule has 0 aliphatic carbocycles. The molecule has 1 aromatic heterocycles. The van der Waals surface area contributed by atoms with Crippen LogP contribution in [-0.2, 0) is 17.6 Å². The number of nitrogens with zero attached hydrogens (tertiary/aromatic N) is 2. The Hall–Kier alpha value is -2.77. The van der Waals surface area contributed by atoms with Gasteiger partial charge in [-0.05, 0) is 23.1 Å². The van der Waals surface area contributed by atoms with Crippen molar-refractivity contribution in [1.29, 1.82) is 0 Å². The Balaban J connectivity index is 1.30. The maximum Gasteiger partial charge on any atom is 0.321 e. The van der Waals surface area contributed by atoms with Crippen molar-refractivity contribution in [1.82, 2.24) is 15.5 Å². The Labute approximate surface area is 161 Å². The zero-order chi connectivity index (χ0) is 18.5. The summed E-state index contributed by atoms with van der Waals surface area (Å²) in [5.41, 5.74) is 3.59. The molecule has 27 heavy (non-hydrogen) atoms. The van der Waals surface area contributed by atoms with Crippen molar-refractivity contribution in [2.75, 3.05) is 18.5 Å². The Kier molecular flexibility index (Phi) is 5.41. The average Bonchev–Trinajstić information content (AvgIpc) is 3.13. The Bertz CT molecular complexity index is 913. The van der Waals surface area contributed by atoms with Crippen molar-refractivity contribution >= 4 is 22.5 Å². The van der Waals surface area contributed by atoms with Crippen LogP contribution in [0.25, 0.3) is 0 Å². The number of carbonyl (C=O) groups excluding carboxylic acids is 1. The molecule has 7 heteroatoms. The van der Waals surface area contributed by atoms with Gasteiger partial charge in [0.25, 0.3) is 0 Å². The Morgan fingerprint density at radius 2 is 1.93 bits per heavy atom. The largest absolute Gasteiger partial charge is 0.371 e. The van der Waals surface area contributed by atoms with Gasteiger partial charge in [-0.3, -0.25) is 5.32 Å². The lowest BCUT2D eigenvalue weighted by Gasteiger charge is -2.26. The van der Waals surface area contributed by atoms with Gasteiger partial charge in [-0.1, -0.05) is 65.9 Å². The first kappa shape index (κ1) is 17.6. The number of aromatic nitrogens is 2. The van der Waals surface area contributed by atoms with Gasteiger partial charge in [0.2, 0.25) is 5.13 Å². The van der Waals surface area contributed by atoms with Crippen LogP contribution in [-0.4, -0.2) is 29.4 Å². The second kappa shape index (κ2) is 8.28. The van der Waals surface area contributed by atoms with Gasteiger partial charge in [-0.25, -0.2) is 4.79 Å². The lowest BCUT2D eigenvalue weighted by atomic mass is 9.98. The van der Waals surface area contributed by atoms with Gasteiger partial charge in [0.15, 0.2) is 0 Å². The Morgan fingerprint density at radius 3 is 2.81 bits per heavy atom. The van der Waals surface area contributed by atoms with E-state index in [1.807, 2.05) is 42.5 Å². The fraction of sp³-hybridized carbons (Fsp3) is 0.250. The lowest BCUT2D eigenvalue weighted by Crippen LogP contribution is -2.34. The molecule has 2 amide bonds. The van der Waals surface area contributed by atoms with E-state index in [2.05, 4.69) is 33.0 Å². The van der Waals surface area contributed by atoms with Gasteiger partial charge in [-0.2, -0.15) is 0 Å². The molecule has 0 spiro atoms. The average molecular weight is 380 g/mol. The van der Waals surface area contributed by atoms with E-state index in [1.54, 1.807) is 0 Å².